The Bertz CT molecular complexity index is 706. The van der Waals surface area contributed by atoms with Crippen molar-refractivity contribution < 1.29 is 4.79 Å². The summed E-state index contributed by atoms with van der Waals surface area (Å²) in [7, 11) is 3.94. The summed E-state index contributed by atoms with van der Waals surface area (Å²) in [5.74, 6) is 1.81. The largest absolute Gasteiger partial charge is 0.378 e. The summed E-state index contributed by atoms with van der Waals surface area (Å²) in [6.45, 7) is 5.23. The number of hydrogen-bond donors (Lipinski definition) is 0. The molecule has 0 aliphatic carbocycles. The van der Waals surface area contributed by atoms with Gasteiger partial charge < -0.3 is 14.4 Å². The SMILES string of the molecule is Cc1nnc2n1[C@@H](C)CN(C(=O)c1cccc(N(C)C)c1)C2. The lowest BCUT2D eigenvalue weighted by Crippen LogP contribution is -2.40. The van der Waals surface area contributed by atoms with E-state index in [2.05, 4.69) is 21.7 Å². The lowest BCUT2D eigenvalue weighted by Gasteiger charge is -2.32. The summed E-state index contributed by atoms with van der Waals surface area (Å²) < 4.78 is 2.11. The van der Waals surface area contributed by atoms with Crippen LogP contribution in [0.4, 0.5) is 5.69 Å². The molecular formula is C16H21N5O. The van der Waals surface area contributed by atoms with Crippen molar-refractivity contribution in [1.29, 1.82) is 0 Å². The predicted octanol–water partition coefficient (Wildman–Crippen LogP) is 1.87. The van der Waals surface area contributed by atoms with E-state index in [1.807, 2.05) is 55.1 Å². The summed E-state index contributed by atoms with van der Waals surface area (Å²) in [5.41, 5.74) is 1.73. The summed E-state index contributed by atoms with van der Waals surface area (Å²) in [5, 5.41) is 8.31. The number of carbonyl (C=O) groups excluding carboxylic acids is 1. The van der Waals surface area contributed by atoms with Gasteiger partial charge in [0.05, 0.1) is 12.6 Å². The Morgan fingerprint density at radius 3 is 2.82 bits per heavy atom. The van der Waals surface area contributed by atoms with Crippen LogP contribution in [0, 0.1) is 6.92 Å². The van der Waals surface area contributed by atoms with Gasteiger partial charge in [-0.2, -0.15) is 0 Å². The van der Waals surface area contributed by atoms with Crippen LogP contribution in [0.5, 0.6) is 0 Å². The number of nitrogens with zero attached hydrogens (tertiary/aromatic N) is 5. The molecule has 22 heavy (non-hydrogen) atoms. The van der Waals surface area contributed by atoms with Gasteiger partial charge in [-0.05, 0) is 32.0 Å². The molecule has 0 radical (unpaired) electrons. The van der Waals surface area contributed by atoms with Gasteiger partial charge in [-0.15, -0.1) is 10.2 Å². The van der Waals surface area contributed by atoms with Gasteiger partial charge in [-0.25, -0.2) is 0 Å². The smallest absolute Gasteiger partial charge is 0.254 e. The van der Waals surface area contributed by atoms with Crippen LogP contribution in [0.2, 0.25) is 0 Å². The van der Waals surface area contributed by atoms with Crippen LogP contribution in [0.1, 0.15) is 35.0 Å². The lowest BCUT2D eigenvalue weighted by atomic mass is 10.1. The molecule has 0 N–H and O–H groups in total. The van der Waals surface area contributed by atoms with Crippen LogP contribution >= 0.6 is 0 Å². The van der Waals surface area contributed by atoms with Gasteiger partial charge in [-0.3, -0.25) is 4.79 Å². The molecule has 0 bridgehead atoms. The van der Waals surface area contributed by atoms with Crippen molar-refractivity contribution in [1.82, 2.24) is 19.7 Å². The van der Waals surface area contributed by atoms with Crippen molar-refractivity contribution in [3.05, 3.63) is 41.5 Å². The van der Waals surface area contributed by atoms with Crippen molar-refractivity contribution >= 4 is 11.6 Å². The molecule has 3 rings (SSSR count). The van der Waals surface area contributed by atoms with Gasteiger partial charge in [-0.1, -0.05) is 6.07 Å². The third-order valence-electron chi connectivity index (χ3n) is 4.09. The van der Waals surface area contributed by atoms with Crippen LogP contribution in [0.25, 0.3) is 0 Å². The van der Waals surface area contributed by atoms with Gasteiger partial charge in [0, 0.05) is 31.9 Å². The van der Waals surface area contributed by atoms with E-state index in [1.165, 1.54) is 0 Å². The Morgan fingerprint density at radius 1 is 1.32 bits per heavy atom. The highest BCUT2D eigenvalue weighted by atomic mass is 16.2. The second kappa shape index (κ2) is 5.44. The van der Waals surface area contributed by atoms with Gasteiger partial charge in [0.2, 0.25) is 0 Å². The van der Waals surface area contributed by atoms with E-state index in [0.29, 0.717) is 18.7 Å². The third-order valence-corrected chi connectivity index (χ3v) is 4.09. The summed E-state index contributed by atoms with van der Waals surface area (Å²) in [6.07, 6.45) is 0. The number of amides is 1. The number of hydrogen-bond acceptors (Lipinski definition) is 4. The van der Waals surface area contributed by atoms with Crippen molar-refractivity contribution in [2.75, 3.05) is 25.5 Å². The van der Waals surface area contributed by atoms with Crippen LogP contribution in [0.15, 0.2) is 24.3 Å². The number of aryl methyl sites for hydroxylation is 1. The molecule has 1 aliphatic rings. The fourth-order valence-electron chi connectivity index (χ4n) is 2.98. The second-order valence-corrected chi connectivity index (χ2v) is 6.01. The van der Waals surface area contributed by atoms with Crippen LogP contribution in [-0.2, 0) is 6.54 Å². The van der Waals surface area contributed by atoms with Crippen molar-refractivity contribution in [3.63, 3.8) is 0 Å². The molecule has 116 valence electrons. The van der Waals surface area contributed by atoms with Crippen molar-refractivity contribution in [2.24, 2.45) is 0 Å². The first-order valence-corrected chi connectivity index (χ1v) is 7.44. The lowest BCUT2D eigenvalue weighted by molar-refractivity contribution is 0.0680. The standard InChI is InChI=1S/C16H21N5O/c1-11-9-20(10-15-18-17-12(2)21(11)15)16(22)13-6-5-7-14(8-13)19(3)4/h5-8,11H,9-10H2,1-4H3/t11-/m0/s1. The van der Waals surface area contributed by atoms with Gasteiger partial charge in [0.1, 0.15) is 5.82 Å². The zero-order valence-electron chi connectivity index (χ0n) is 13.4. The highest BCUT2D eigenvalue weighted by Crippen LogP contribution is 2.23. The van der Waals surface area contributed by atoms with Crippen molar-refractivity contribution in [3.8, 4) is 0 Å². The van der Waals surface area contributed by atoms with E-state index < -0.39 is 0 Å². The molecule has 2 heterocycles. The minimum Gasteiger partial charge on any atom is -0.378 e. The number of benzene rings is 1. The minimum atomic E-state index is 0.0439. The van der Waals surface area contributed by atoms with E-state index >= 15 is 0 Å². The summed E-state index contributed by atoms with van der Waals surface area (Å²) in [4.78, 5) is 16.6. The Hall–Kier alpha value is -2.37. The highest BCUT2D eigenvalue weighted by molar-refractivity contribution is 5.95. The highest BCUT2D eigenvalue weighted by Gasteiger charge is 2.28. The second-order valence-electron chi connectivity index (χ2n) is 6.01. The average molecular weight is 299 g/mol. The number of fused-ring (bicyclic) bond motifs is 1. The first-order valence-electron chi connectivity index (χ1n) is 7.44. The summed E-state index contributed by atoms with van der Waals surface area (Å²) >= 11 is 0. The topological polar surface area (TPSA) is 54.3 Å². The molecule has 6 heteroatoms. The van der Waals surface area contributed by atoms with E-state index in [9.17, 15) is 4.79 Å². The van der Waals surface area contributed by atoms with Crippen LogP contribution in [-0.4, -0.2) is 46.2 Å². The predicted molar refractivity (Wildman–Crippen MR) is 85.0 cm³/mol. The number of rotatable bonds is 2. The van der Waals surface area contributed by atoms with Gasteiger partial charge in [0.25, 0.3) is 5.91 Å². The molecule has 1 aromatic heterocycles. The molecule has 1 amide bonds. The quantitative estimate of drug-likeness (QED) is 0.849. The molecule has 2 aromatic rings. The molecule has 0 saturated carbocycles. The Balaban J connectivity index is 1.86. The monoisotopic (exact) mass is 299 g/mol. The van der Waals surface area contributed by atoms with E-state index in [1.54, 1.807) is 0 Å². The number of carbonyl (C=O) groups is 1. The fourth-order valence-corrected chi connectivity index (χ4v) is 2.98. The molecule has 0 unspecified atom stereocenters. The molecular weight excluding hydrogens is 278 g/mol. The third kappa shape index (κ3) is 2.45. The van der Waals surface area contributed by atoms with E-state index in [-0.39, 0.29) is 11.9 Å². The maximum absolute atomic E-state index is 12.8. The summed E-state index contributed by atoms with van der Waals surface area (Å²) in [6, 6.07) is 7.90. The maximum atomic E-state index is 12.8. The Kier molecular flexibility index (Phi) is 3.60. The normalized spacial score (nSPS) is 17.3. The maximum Gasteiger partial charge on any atom is 0.254 e. The molecule has 0 saturated heterocycles. The molecule has 1 aromatic carbocycles. The molecule has 0 fully saturated rings. The molecule has 0 spiro atoms. The molecule has 6 nitrogen and oxygen atoms in total. The zero-order valence-corrected chi connectivity index (χ0v) is 13.4. The van der Waals surface area contributed by atoms with Crippen molar-refractivity contribution in [2.45, 2.75) is 26.4 Å². The van der Waals surface area contributed by atoms with Crippen LogP contribution in [0.3, 0.4) is 0 Å². The number of aromatic nitrogens is 3. The average Bonchev–Trinajstić information content (AvgIpc) is 2.88. The van der Waals surface area contributed by atoms with Gasteiger partial charge in [0.15, 0.2) is 5.82 Å². The zero-order chi connectivity index (χ0) is 15.9. The fraction of sp³-hybridized carbons (Fsp3) is 0.438. The Morgan fingerprint density at radius 2 is 2.09 bits per heavy atom. The van der Waals surface area contributed by atoms with E-state index in [0.717, 1.165) is 17.3 Å². The van der Waals surface area contributed by atoms with Crippen LogP contribution < -0.4 is 4.90 Å². The number of anilines is 1. The van der Waals surface area contributed by atoms with Gasteiger partial charge >= 0.3 is 0 Å². The van der Waals surface area contributed by atoms with E-state index in [4.69, 9.17) is 0 Å². The first-order chi connectivity index (χ1) is 10.5. The Labute approximate surface area is 130 Å². The molecule has 1 atom stereocenters. The first kappa shape index (κ1) is 14.6. The molecule has 1 aliphatic heterocycles. The minimum absolute atomic E-state index is 0.0439.